The summed E-state index contributed by atoms with van der Waals surface area (Å²) in [6.07, 6.45) is 7.84. The molecular weight excluding hydrogens is 422 g/mol. The molecule has 156 valence electrons. The first kappa shape index (κ1) is 19.5. The van der Waals surface area contributed by atoms with E-state index in [1.165, 1.54) is 17.3 Å². The van der Waals surface area contributed by atoms with Crippen molar-refractivity contribution in [3.8, 4) is 0 Å². The molecule has 0 bridgehead atoms. The molecule has 3 aromatic rings. The van der Waals surface area contributed by atoms with Gasteiger partial charge in [-0.05, 0) is 37.0 Å². The highest BCUT2D eigenvalue weighted by Gasteiger charge is 2.49. The molecule has 1 aliphatic carbocycles. The third-order valence-corrected chi connectivity index (χ3v) is 7.74. The molecule has 0 aromatic carbocycles. The molecule has 0 radical (unpaired) electrons. The van der Waals surface area contributed by atoms with Crippen LogP contribution in [0.4, 0.5) is 17.5 Å². The third-order valence-electron chi connectivity index (χ3n) is 6.17. The number of nitrogens with two attached hydrogens (primary N) is 3. The summed E-state index contributed by atoms with van der Waals surface area (Å²) < 4.78 is 5.82. The Morgan fingerprint density at radius 3 is 2.73 bits per heavy atom. The van der Waals surface area contributed by atoms with Gasteiger partial charge in [-0.1, -0.05) is 23.4 Å². The second kappa shape index (κ2) is 7.33. The third kappa shape index (κ3) is 3.08. The van der Waals surface area contributed by atoms with Gasteiger partial charge < -0.3 is 26.5 Å². The van der Waals surface area contributed by atoms with Crippen molar-refractivity contribution >= 4 is 40.8 Å². The molecule has 6 N–H and O–H groups in total. The summed E-state index contributed by atoms with van der Waals surface area (Å²) in [5.74, 6) is 2.46. The quantitative estimate of drug-likeness (QED) is 0.558. The molecule has 4 heterocycles. The van der Waals surface area contributed by atoms with Gasteiger partial charge in [-0.2, -0.15) is 0 Å². The standard InChI is InChI=1S/C20H22ClN7OS/c21-15-12(1-5-25-17(15)23)30-19-18(24)27-14(10-26-19)28-6-3-20(4-7-28)13(22)9-11-2-8-29-16(11)20/h1-2,5,8,10,13H,3-4,6-7,9,22H2,(H2,23,25)(H2,24,27). The SMILES string of the molecule is Nc1nc(N2CCC3(CC2)c2occc2CC3N)cnc1Sc1ccnc(N)c1Cl. The molecule has 1 unspecified atom stereocenters. The fraction of sp³-hybridized carbons (Fsp3) is 0.350. The van der Waals surface area contributed by atoms with Crippen LogP contribution in [0.25, 0.3) is 0 Å². The van der Waals surface area contributed by atoms with E-state index in [0.29, 0.717) is 15.9 Å². The molecule has 1 aliphatic heterocycles. The van der Waals surface area contributed by atoms with E-state index < -0.39 is 0 Å². The Morgan fingerprint density at radius 1 is 1.17 bits per heavy atom. The Labute approximate surface area is 183 Å². The van der Waals surface area contributed by atoms with Crippen LogP contribution in [0.1, 0.15) is 24.2 Å². The van der Waals surface area contributed by atoms with Gasteiger partial charge in [-0.3, -0.25) is 0 Å². The molecule has 3 aromatic heterocycles. The smallest absolute Gasteiger partial charge is 0.158 e. The number of nitrogen functional groups attached to an aromatic ring is 2. The lowest BCUT2D eigenvalue weighted by Crippen LogP contribution is -2.50. The Hall–Kier alpha value is -2.49. The minimum absolute atomic E-state index is 0.0812. The monoisotopic (exact) mass is 443 g/mol. The number of anilines is 3. The van der Waals surface area contributed by atoms with Crippen LogP contribution < -0.4 is 22.1 Å². The number of piperidine rings is 1. The van der Waals surface area contributed by atoms with Crippen LogP contribution in [0.2, 0.25) is 5.02 Å². The normalized spacial score (nSPS) is 19.9. The predicted molar refractivity (Wildman–Crippen MR) is 118 cm³/mol. The summed E-state index contributed by atoms with van der Waals surface area (Å²) in [6, 6.07) is 3.92. The lowest BCUT2D eigenvalue weighted by molar-refractivity contribution is 0.247. The van der Waals surface area contributed by atoms with Crippen molar-refractivity contribution in [2.75, 3.05) is 29.5 Å². The molecule has 8 nitrogen and oxygen atoms in total. The first-order valence-corrected chi connectivity index (χ1v) is 10.9. The Bertz CT molecular complexity index is 1100. The molecule has 2 aliphatic rings. The van der Waals surface area contributed by atoms with Crippen molar-refractivity contribution in [2.45, 2.75) is 40.6 Å². The summed E-state index contributed by atoms with van der Waals surface area (Å²) in [6.45, 7) is 1.64. The van der Waals surface area contributed by atoms with E-state index in [1.54, 1.807) is 24.7 Å². The summed E-state index contributed by atoms with van der Waals surface area (Å²) >= 11 is 7.54. The first-order chi connectivity index (χ1) is 14.5. The van der Waals surface area contributed by atoms with Crippen LogP contribution in [-0.2, 0) is 11.8 Å². The number of hydrogen-bond donors (Lipinski definition) is 3. The Balaban J connectivity index is 1.32. The van der Waals surface area contributed by atoms with Crippen molar-refractivity contribution in [3.63, 3.8) is 0 Å². The van der Waals surface area contributed by atoms with Crippen LogP contribution in [0, 0.1) is 0 Å². The maximum Gasteiger partial charge on any atom is 0.158 e. The minimum Gasteiger partial charge on any atom is -0.468 e. The number of rotatable bonds is 3. The van der Waals surface area contributed by atoms with E-state index in [0.717, 1.165) is 48.8 Å². The molecule has 10 heteroatoms. The van der Waals surface area contributed by atoms with Crippen molar-refractivity contribution < 1.29 is 4.42 Å². The van der Waals surface area contributed by atoms with Crippen LogP contribution in [0.3, 0.4) is 0 Å². The van der Waals surface area contributed by atoms with Gasteiger partial charge in [0.25, 0.3) is 0 Å². The van der Waals surface area contributed by atoms with E-state index in [1.807, 2.05) is 6.07 Å². The average Bonchev–Trinajstić information content (AvgIpc) is 3.30. The molecular formula is C20H22ClN7OS. The number of halogens is 1. The van der Waals surface area contributed by atoms with Gasteiger partial charge >= 0.3 is 0 Å². The minimum atomic E-state index is -0.0812. The van der Waals surface area contributed by atoms with Gasteiger partial charge in [-0.25, -0.2) is 15.0 Å². The van der Waals surface area contributed by atoms with Crippen molar-refractivity contribution in [3.05, 3.63) is 47.1 Å². The van der Waals surface area contributed by atoms with Gasteiger partial charge in [-0.15, -0.1) is 0 Å². The lowest BCUT2D eigenvalue weighted by atomic mass is 9.74. The van der Waals surface area contributed by atoms with E-state index in [9.17, 15) is 0 Å². The largest absolute Gasteiger partial charge is 0.468 e. The van der Waals surface area contributed by atoms with E-state index in [4.69, 9.17) is 33.2 Å². The second-order valence-corrected chi connectivity index (χ2v) is 9.17. The van der Waals surface area contributed by atoms with Gasteiger partial charge in [0.05, 0.1) is 17.5 Å². The number of fused-ring (bicyclic) bond motifs is 2. The number of nitrogens with zero attached hydrogens (tertiary/aromatic N) is 4. The van der Waals surface area contributed by atoms with Gasteiger partial charge in [0.1, 0.15) is 22.4 Å². The van der Waals surface area contributed by atoms with Crippen LogP contribution in [-0.4, -0.2) is 34.1 Å². The Kier molecular flexibility index (Phi) is 4.76. The van der Waals surface area contributed by atoms with E-state index in [-0.39, 0.29) is 17.3 Å². The van der Waals surface area contributed by atoms with E-state index >= 15 is 0 Å². The molecule has 1 saturated heterocycles. The fourth-order valence-electron chi connectivity index (χ4n) is 4.50. The summed E-state index contributed by atoms with van der Waals surface area (Å²) in [4.78, 5) is 16.0. The molecule has 1 atom stereocenters. The second-order valence-electron chi connectivity index (χ2n) is 7.76. The van der Waals surface area contributed by atoms with E-state index in [2.05, 4.69) is 19.9 Å². The molecule has 0 amide bonds. The van der Waals surface area contributed by atoms with Crippen molar-refractivity contribution in [1.82, 2.24) is 15.0 Å². The highest BCUT2D eigenvalue weighted by Crippen LogP contribution is 2.46. The molecule has 5 rings (SSSR count). The molecule has 1 fully saturated rings. The number of hydrogen-bond acceptors (Lipinski definition) is 9. The fourth-order valence-corrected chi connectivity index (χ4v) is 5.52. The molecule has 30 heavy (non-hydrogen) atoms. The van der Waals surface area contributed by atoms with Crippen LogP contribution in [0.5, 0.6) is 0 Å². The van der Waals surface area contributed by atoms with Gasteiger partial charge in [0.2, 0.25) is 0 Å². The maximum atomic E-state index is 6.51. The molecule has 0 saturated carbocycles. The average molecular weight is 444 g/mol. The summed E-state index contributed by atoms with van der Waals surface area (Å²) in [5, 5.41) is 0.970. The predicted octanol–water partition coefficient (Wildman–Crippen LogP) is 2.86. The highest BCUT2D eigenvalue weighted by molar-refractivity contribution is 7.99. The Morgan fingerprint density at radius 2 is 1.97 bits per heavy atom. The summed E-state index contributed by atoms with van der Waals surface area (Å²) in [5.41, 5.74) is 19.7. The van der Waals surface area contributed by atoms with Crippen molar-refractivity contribution in [2.24, 2.45) is 5.73 Å². The number of pyridine rings is 1. The highest BCUT2D eigenvalue weighted by atomic mass is 35.5. The lowest BCUT2D eigenvalue weighted by Gasteiger charge is -2.41. The zero-order valence-corrected chi connectivity index (χ0v) is 17.8. The number of furan rings is 1. The zero-order valence-electron chi connectivity index (χ0n) is 16.2. The summed E-state index contributed by atoms with van der Waals surface area (Å²) in [7, 11) is 0. The van der Waals surface area contributed by atoms with Crippen LogP contribution in [0.15, 0.2) is 45.1 Å². The maximum absolute atomic E-state index is 6.51. The van der Waals surface area contributed by atoms with Crippen LogP contribution >= 0.6 is 23.4 Å². The van der Waals surface area contributed by atoms with Gasteiger partial charge in [0, 0.05) is 35.6 Å². The van der Waals surface area contributed by atoms with Crippen molar-refractivity contribution in [1.29, 1.82) is 0 Å². The number of aromatic nitrogens is 3. The molecule has 1 spiro atoms. The zero-order chi connectivity index (χ0) is 20.9. The topological polar surface area (TPSA) is 133 Å². The van der Waals surface area contributed by atoms with Gasteiger partial charge in [0.15, 0.2) is 5.82 Å². The first-order valence-electron chi connectivity index (χ1n) is 9.75.